The van der Waals surface area contributed by atoms with Gasteiger partial charge < -0.3 is 5.11 Å². The lowest BCUT2D eigenvalue weighted by molar-refractivity contribution is -0.137. The lowest BCUT2D eigenvalue weighted by atomic mass is 9.89. The average Bonchev–Trinajstić information content (AvgIpc) is 2.41. The van der Waals surface area contributed by atoms with Crippen molar-refractivity contribution in [2.24, 2.45) is 5.92 Å². The number of hydrogen-bond donors (Lipinski definition) is 1. The number of allylic oxidation sites excluding steroid dienone is 4. The van der Waals surface area contributed by atoms with Crippen molar-refractivity contribution in [1.29, 1.82) is 0 Å². The Balaban J connectivity index is 2.07. The van der Waals surface area contributed by atoms with Gasteiger partial charge in [0.15, 0.2) is 5.78 Å². The predicted octanol–water partition coefficient (Wildman–Crippen LogP) is 3.08. The fourth-order valence-electron chi connectivity index (χ4n) is 2.18. The molecule has 98 valence electrons. The maximum atomic E-state index is 11.9. The van der Waals surface area contributed by atoms with Crippen LogP contribution in [0.3, 0.4) is 0 Å². The number of carbonyl (C=O) groups is 2. The molecule has 1 aromatic carbocycles. The van der Waals surface area contributed by atoms with Crippen LogP contribution >= 0.6 is 0 Å². The normalized spacial score (nSPS) is 18.2. The highest BCUT2D eigenvalue weighted by molar-refractivity contribution is 6.26. The molecule has 0 radical (unpaired) electrons. The molecule has 2 rings (SSSR count). The fourth-order valence-corrected chi connectivity index (χ4v) is 2.18. The molecule has 0 amide bonds. The second-order valence-corrected chi connectivity index (χ2v) is 4.62. The van der Waals surface area contributed by atoms with Gasteiger partial charge in [0.05, 0.1) is 0 Å². The fraction of sp³-hybridized carbons (Fsp3) is 0.250. The summed E-state index contributed by atoms with van der Waals surface area (Å²) in [5, 5.41) is 8.63. The van der Waals surface area contributed by atoms with Gasteiger partial charge in [-0.3, -0.25) is 9.59 Å². The Morgan fingerprint density at radius 2 is 1.95 bits per heavy atom. The van der Waals surface area contributed by atoms with E-state index in [9.17, 15) is 9.59 Å². The number of rotatable bonds is 5. The Bertz CT molecular complexity index is 526. The van der Waals surface area contributed by atoms with Crippen LogP contribution in [0.4, 0.5) is 0 Å². The molecule has 0 spiro atoms. The summed E-state index contributed by atoms with van der Waals surface area (Å²) >= 11 is 0. The zero-order valence-electron chi connectivity index (χ0n) is 10.6. The third-order valence-corrected chi connectivity index (χ3v) is 3.15. The molecule has 1 aliphatic rings. The summed E-state index contributed by atoms with van der Waals surface area (Å²) in [5.74, 6) is -0.615. The predicted molar refractivity (Wildman–Crippen MR) is 73.5 cm³/mol. The highest BCUT2D eigenvalue weighted by Gasteiger charge is 2.16. The zero-order valence-corrected chi connectivity index (χ0v) is 10.6. The third kappa shape index (κ3) is 3.65. The van der Waals surface area contributed by atoms with Crippen molar-refractivity contribution in [1.82, 2.24) is 0 Å². The van der Waals surface area contributed by atoms with Gasteiger partial charge >= 0.3 is 5.97 Å². The summed E-state index contributed by atoms with van der Waals surface area (Å²) in [7, 11) is 0. The number of hydrogen-bond acceptors (Lipinski definition) is 2. The summed E-state index contributed by atoms with van der Waals surface area (Å²) in [6.45, 7) is 0. The molecule has 0 aromatic heterocycles. The molecule has 1 atom stereocenters. The summed E-state index contributed by atoms with van der Waals surface area (Å²) in [5.41, 5.74) is 1.63. The maximum absolute atomic E-state index is 11.9. The first-order chi connectivity index (χ1) is 9.16. The molecule has 1 N–H and O–H groups in total. The monoisotopic (exact) mass is 256 g/mol. The van der Waals surface area contributed by atoms with E-state index in [0.717, 1.165) is 12.0 Å². The van der Waals surface area contributed by atoms with Gasteiger partial charge in [0.1, 0.15) is 0 Å². The van der Waals surface area contributed by atoms with Gasteiger partial charge in [-0.05, 0) is 30.4 Å². The number of aliphatic carboxylic acids is 1. The van der Waals surface area contributed by atoms with Crippen molar-refractivity contribution >= 4 is 17.3 Å². The summed E-state index contributed by atoms with van der Waals surface area (Å²) in [6, 6.07) is 9.55. The number of ketones is 1. The summed E-state index contributed by atoms with van der Waals surface area (Å²) < 4.78 is 0. The van der Waals surface area contributed by atoms with Crippen LogP contribution in [0.25, 0.3) is 5.57 Å². The molecule has 0 fully saturated rings. The quantitative estimate of drug-likeness (QED) is 0.880. The maximum Gasteiger partial charge on any atom is 0.303 e. The first-order valence-corrected chi connectivity index (χ1v) is 6.38. The lowest BCUT2D eigenvalue weighted by Crippen LogP contribution is -2.08. The molecular formula is C16H16O3. The molecule has 19 heavy (non-hydrogen) atoms. The minimum absolute atomic E-state index is 0.0145. The number of carboxylic acid groups (broad SMARTS) is 1. The van der Waals surface area contributed by atoms with Gasteiger partial charge in [-0.2, -0.15) is 0 Å². The summed E-state index contributed by atoms with van der Waals surface area (Å²) in [6.07, 6.45) is 6.94. The van der Waals surface area contributed by atoms with Gasteiger partial charge in [-0.25, -0.2) is 0 Å². The molecule has 3 heteroatoms. The Morgan fingerprint density at radius 3 is 2.63 bits per heavy atom. The molecule has 3 nitrogen and oxygen atoms in total. The lowest BCUT2D eigenvalue weighted by Gasteiger charge is -2.15. The van der Waals surface area contributed by atoms with Gasteiger partial charge in [0.2, 0.25) is 0 Å². The van der Waals surface area contributed by atoms with Gasteiger partial charge in [0, 0.05) is 12.0 Å². The number of carbonyl (C=O) groups excluding carboxylic acids is 1. The van der Waals surface area contributed by atoms with Gasteiger partial charge in [-0.1, -0.05) is 42.5 Å². The van der Waals surface area contributed by atoms with E-state index in [2.05, 4.69) is 0 Å². The van der Waals surface area contributed by atoms with Crippen LogP contribution in [0, 0.1) is 5.92 Å². The molecule has 1 unspecified atom stereocenters. The van der Waals surface area contributed by atoms with E-state index in [0.29, 0.717) is 12.0 Å². The van der Waals surface area contributed by atoms with Gasteiger partial charge in [0.25, 0.3) is 0 Å². The molecule has 0 saturated heterocycles. The third-order valence-electron chi connectivity index (χ3n) is 3.15. The Morgan fingerprint density at radius 1 is 1.21 bits per heavy atom. The minimum atomic E-state index is -0.775. The van der Waals surface area contributed by atoms with Crippen molar-refractivity contribution in [3.63, 3.8) is 0 Å². The van der Waals surface area contributed by atoms with Crippen molar-refractivity contribution in [2.75, 3.05) is 0 Å². The highest BCUT2D eigenvalue weighted by atomic mass is 16.4. The Labute approximate surface area is 112 Å². The van der Waals surface area contributed by atoms with E-state index in [1.807, 2.05) is 42.5 Å². The first-order valence-electron chi connectivity index (χ1n) is 6.38. The van der Waals surface area contributed by atoms with Gasteiger partial charge in [-0.15, -0.1) is 0 Å². The van der Waals surface area contributed by atoms with Crippen LogP contribution in [0.2, 0.25) is 0 Å². The SMILES string of the molecule is O=C(O)CCCC1C=CC(=O)C(c2ccccc2)=C1. The van der Waals surface area contributed by atoms with Crippen molar-refractivity contribution in [3.05, 3.63) is 54.1 Å². The molecule has 0 bridgehead atoms. The molecular weight excluding hydrogens is 240 g/mol. The van der Waals surface area contributed by atoms with Crippen molar-refractivity contribution < 1.29 is 14.7 Å². The highest BCUT2D eigenvalue weighted by Crippen LogP contribution is 2.25. The van der Waals surface area contributed by atoms with Crippen molar-refractivity contribution in [2.45, 2.75) is 19.3 Å². The van der Waals surface area contributed by atoms with Crippen LogP contribution in [-0.4, -0.2) is 16.9 Å². The molecule has 0 heterocycles. The van der Waals surface area contributed by atoms with Crippen LogP contribution in [0.1, 0.15) is 24.8 Å². The zero-order chi connectivity index (χ0) is 13.7. The molecule has 1 aliphatic carbocycles. The molecule has 1 aromatic rings. The molecule has 0 saturated carbocycles. The van der Waals surface area contributed by atoms with E-state index in [4.69, 9.17) is 5.11 Å². The van der Waals surface area contributed by atoms with E-state index >= 15 is 0 Å². The first kappa shape index (κ1) is 13.3. The second kappa shape index (κ2) is 6.14. The van der Waals surface area contributed by atoms with Crippen LogP contribution in [0.15, 0.2) is 48.6 Å². The Kier molecular flexibility index (Phi) is 4.29. The van der Waals surface area contributed by atoms with Crippen LogP contribution in [-0.2, 0) is 9.59 Å². The van der Waals surface area contributed by atoms with E-state index in [1.54, 1.807) is 6.08 Å². The smallest absolute Gasteiger partial charge is 0.303 e. The molecule has 0 aliphatic heterocycles. The van der Waals surface area contributed by atoms with E-state index in [-0.39, 0.29) is 18.1 Å². The number of benzene rings is 1. The topological polar surface area (TPSA) is 54.4 Å². The summed E-state index contributed by atoms with van der Waals surface area (Å²) in [4.78, 5) is 22.4. The van der Waals surface area contributed by atoms with E-state index < -0.39 is 5.97 Å². The number of carboxylic acids is 1. The van der Waals surface area contributed by atoms with Crippen LogP contribution in [0.5, 0.6) is 0 Å². The largest absolute Gasteiger partial charge is 0.481 e. The minimum Gasteiger partial charge on any atom is -0.481 e. The van der Waals surface area contributed by atoms with Crippen LogP contribution < -0.4 is 0 Å². The average molecular weight is 256 g/mol. The van der Waals surface area contributed by atoms with E-state index in [1.165, 1.54) is 0 Å². The second-order valence-electron chi connectivity index (χ2n) is 4.62. The Hall–Kier alpha value is -2.16. The standard InChI is InChI=1S/C16H16O3/c17-15-10-9-12(5-4-8-16(18)19)11-14(15)13-6-2-1-3-7-13/h1-3,6-7,9-12H,4-5,8H2,(H,18,19). The van der Waals surface area contributed by atoms with Crippen molar-refractivity contribution in [3.8, 4) is 0 Å².